The molecule has 1 aromatic rings. The Kier molecular flexibility index (Phi) is 5.82. The Morgan fingerprint density at radius 3 is 2.54 bits per heavy atom. The van der Waals surface area contributed by atoms with E-state index in [0.717, 1.165) is 37.9 Å². The minimum atomic E-state index is -0.0741. The Morgan fingerprint density at radius 2 is 1.88 bits per heavy atom. The van der Waals surface area contributed by atoms with E-state index in [1.807, 2.05) is 0 Å². The second-order valence-corrected chi connectivity index (χ2v) is 6.48. The van der Waals surface area contributed by atoms with Crippen molar-refractivity contribution in [3.8, 4) is 0 Å². The van der Waals surface area contributed by atoms with Gasteiger partial charge < -0.3 is 20.7 Å². The van der Waals surface area contributed by atoms with Crippen LogP contribution in [0.15, 0.2) is 24.3 Å². The van der Waals surface area contributed by atoms with Crippen LogP contribution < -0.4 is 16.0 Å². The first kappa shape index (κ1) is 16.9. The minimum absolute atomic E-state index is 0.00815. The summed E-state index contributed by atoms with van der Waals surface area (Å²) < 4.78 is 5.29. The number of nitrogens with one attached hydrogen (secondary N) is 3. The molecule has 0 spiro atoms. The van der Waals surface area contributed by atoms with E-state index in [4.69, 9.17) is 4.74 Å². The lowest BCUT2D eigenvalue weighted by Crippen LogP contribution is -2.38. The molecule has 3 N–H and O–H groups in total. The van der Waals surface area contributed by atoms with Crippen LogP contribution in [0.2, 0.25) is 0 Å². The van der Waals surface area contributed by atoms with Crippen LogP contribution in [0.3, 0.4) is 0 Å². The summed E-state index contributed by atoms with van der Waals surface area (Å²) in [4.78, 5) is 24.2. The Balaban J connectivity index is 1.48. The molecular weight excluding hydrogens is 306 g/mol. The van der Waals surface area contributed by atoms with Gasteiger partial charge in [-0.05, 0) is 56.5 Å². The van der Waals surface area contributed by atoms with E-state index in [9.17, 15) is 9.59 Å². The van der Waals surface area contributed by atoms with Crippen LogP contribution in [-0.4, -0.2) is 43.7 Å². The summed E-state index contributed by atoms with van der Waals surface area (Å²) in [5.74, 6) is -0.0660. The monoisotopic (exact) mass is 331 g/mol. The molecule has 2 saturated heterocycles. The number of hydrogen-bond acceptors (Lipinski definition) is 4. The average molecular weight is 331 g/mol. The smallest absolute Gasteiger partial charge is 0.251 e. The molecule has 0 aliphatic carbocycles. The lowest BCUT2D eigenvalue weighted by atomic mass is 10.1. The normalized spacial score (nSPS) is 21.4. The summed E-state index contributed by atoms with van der Waals surface area (Å²) in [5.41, 5.74) is 1.33. The number of anilines is 1. The van der Waals surface area contributed by atoms with E-state index >= 15 is 0 Å². The topological polar surface area (TPSA) is 79.5 Å². The molecule has 130 valence electrons. The molecule has 2 aliphatic heterocycles. The van der Waals surface area contributed by atoms with Crippen LogP contribution in [0.4, 0.5) is 5.69 Å². The zero-order valence-corrected chi connectivity index (χ0v) is 13.8. The lowest BCUT2D eigenvalue weighted by Gasteiger charge is -2.23. The van der Waals surface area contributed by atoms with Gasteiger partial charge in [0.25, 0.3) is 5.91 Å². The third kappa shape index (κ3) is 4.79. The van der Waals surface area contributed by atoms with Gasteiger partial charge in [0.05, 0.1) is 0 Å². The predicted molar refractivity (Wildman–Crippen MR) is 92.0 cm³/mol. The van der Waals surface area contributed by atoms with Gasteiger partial charge in [-0.3, -0.25) is 9.59 Å². The minimum Gasteiger partial charge on any atom is -0.381 e. The molecule has 2 amide bonds. The van der Waals surface area contributed by atoms with Crippen LogP contribution in [0.1, 0.15) is 42.5 Å². The first-order valence-electron chi connectivity index (χ1n) is 8.72. The van der Waals surface area contributed by atoms with Gasteiger partial charge in [-0.2, -0.15) is 0 Å². The Labute approximate surface area is 142 Å². The number of benzene rings is 1. The van der Waals surface area contributed by atoms with Crippen LogP contribution in [0, 0.1) is 0 Å². The van der Waals surface area contributed by atoms with Crippen LogP contribution in [0.25, 0.3) is 0 Å². The molecule has 2 aliphatic rings. The molecule has 1 atom stereocenters. The maximum atomic E-state index is 12.2. The molecule has 0 bridgehead atoms. The molecule has 1 aromatic carbocycles. The molecule has 24 heavy (non-hydrogen) atoms. The van der Waals surface area contributed by atoms with E-state index in [2.05, 4.69) is 16.0 Å². The Hall–Kier alpha value is -1.92. The maximum absolute atomic E-state index is 12.2. The molecule has 2 fully saturated rings. The molecule has 1 unspecified atom stereocenters. The van der Waals surface area contributed by atoms with Gasteiger partial charge in [0.2, 0.25) is 5.91 Å². The number of hydrogen-bond donors (Lipinski definition) is 3. The Morgan fingerprint density at radius 1 is 1.12 bits per heavy atom. The van der Waals surface area contributed by atoms with Crippen molar-refractivity contribution in [3.63, 3.8) is 0 Å². The van der Waals surface area contributed by atoms with E-state index in [-0.39, 0.29) is 23.9 Å². The van der Waals surface area contributed by atoms with E-state index < -0.39 is 0 Å². The third-order valence-corrected chi connectivity index (χ3v) is 4.58. The molecule has 0 radical (unpaired) electrons. The fourth-order valence-electron chi connectivity index (χ4n) is 3.18. The van der Waals surface area contributed by atoms with Crippen molar-refractivity contribution in [3.05, 3.63) is 29.8 Å². The number of carbonyl (C=O) groups excluding carboxylic acids is 2. The first-order valence-corrected chi connectivity index (χ1v) is 8.72. The van der Waals surface area contributed by atoms with Crippen molar-refractivity contribution in [1.82, 2.24) is 10.6 Å². The molecule has 0 saturated carbocycles. The molecule has 0 aromatic heterocycles. The van der Waals surface area contributed by atoms with Crippen molar-refractivity contribution in [2.75, 3.05) is 25.1 Å². The summed E-state index contributed by atoms with van der Waals surface area (Å²) in [6, 6.07) is 7.52. The Bertz CT molecular complexity index is 561. The van der Waals surface area contributed by atoms with Gasteiger partial charge in [0, 0.05) is 43.0 Å². The van der Waals surface area contributed by atoms with Gasteiger partial charge in [-0.15, -0.1) is 0 Å². The number of rotatable bonds is 5. The summed E-state index contributed by atoms with van der Waals surface area (Å²) in [7, 11) is 0. The zero-order valence-electron chi connectivity index (χ0n) is 13.8. The van der Waals surface area contributed by atoms with E-state index in [1.165, 1.54) is 0 Å². The van der Waals surface area contributed by atoms with Crippen molar-refractivity contribution in [2.45, 2.75) is 44.2 Å². The fraction of sp³-hybridized carbons (Fsp3) is 0.556. The molecular formula is C18H25N3O3. The molecule has 6 nitrogen and oxygen atoms in total. The summed E-state index contributed by atoms with van der Waals surface area (Å²) in [6.45, 7) is 2.40. The van der Waals surface area contributed by atoms with Gasteiger partial charge in [-0.25, -0.2) is 0 Å². The van der Waals surface area contributed by atoms with Gasteiger partial charge >= 0.3 is 0 Å². The first-order chi connectivity index (χ1) is 11.7. The quantitative estimate of drug-likeness (QED) is 0.767. The number of carbonyl (C=O) groups is 2. The highest BCUT2D eigenvalue weighted by Gasteiger charge is 2.18. The van der Waals surface area contributed by atoms with E-state index in [1.54, 1.807) is 24.3 Å². The van der Waals surface area contributed by atoms with Crippen molar-refractivity contribution in [1.29, 1.82) is 0 Å². The molecule has 3 rings (SSSR count). The number of amides is 2. The zero-order chi connectivity index (χ0) is 16.8. The second-order valence-electron chi connectivity index (χ2n) is 6.48. The summed E-state index contributed by atoms with van der Waals surface area (Å²) in [5, 5.41) is 9.23. The molecule has 6 heteroatoms. The summed E-state index contributed by atoms with van der Waals surface area (Å²) >= 11 is 0. The lowest BCUT2D eigenvalue weighted by molar-refractivity contribution is -0.116. The van der Waals surface area contributed by atoms with Crippen molar-refractivity contribution < 1.29 is 14.3 Å². The summed E-state index contributed by atoms with van der Waals surface area (Å²) in [6.07, 6.45) is 4.39. The largest absolute Gasteiger partial charge is 0.381 e. The molecule has 2 heterocycles. The highest BCUT2D eigenvalue weighted by Crippen LogP contribution is 2.14. The fourth-order valence-corrected chi connectivity index (χ4v) is 3.18. The predicted octanol–water partition coefficient (Wildman–Crippen LogP) is 1.68. The van der Waals surface area contributed by atoms with Gasteiger partial charge in [-0.1, -0.05) is 0 Å². The number of ether oxygens (including phenoxy) is 1. The van der Waals surface area contributed by atoms with Crippen molar-refractivity contribution >= 4 is 17.5 Å². The van der Waals surface area contributed by atoms with Gasteiger partial charge in [0.1, 0.15) is 0 Å². The highest BCUT2D eigenvalue weighted by atomic mass is 16.5. The van der Waals surface area contributed by atoms with Gasteiger partial charge in [0.15, 0.2) is 0 Å². The van der Waals surface area contributed by atoms with Crippen LogP contribution >= 0.6 is 0 Å². The van der Waals surface area contributed by atoms with E-state index in [0.29, 0.717) is 25.2 Å². The second kappa shape index (κ2) is 8.26. The average Bonchev–Trinajstić information content (AvgIpc) is 3.09. The van der Waals surface area contributed by atoms with Crippen LogP contribution in [0.5, 0.6) is 0 Å². The van der Waals surface area contributed by atoms with Crippen molar-refractivity contribution in [2.24, 2.45) is 0 Å². The van der Waals surface area contributed by atoms with Crippen LogP contribution in [-0.2, 0) is 9.53 Å². The highest BCUT2D eigenvalue weighted by molar-refractivity contribution is 5.96. The SMILES string of the molecule is O=C(CC1CCCN1)Nc1ccc(C(=O)NC2CCOCC2)cc1. The standard InChI is InChI=1S/C18H25N3O3/c22-17(12-16-2-1-9-19-16)20-14-5-3-13(4-6-14)18(23)21-15-7-10-24-11-8-15/h3-6,15-16,19H,1-2,7-12H2,(H,20,22)(H,21,23). The maximum Gasteiger partial charge on any atom is 0.251 e. The third-order valence-electron chi connectivity index (χ3n) is 4.58.